The molecule has 1 aromatic carbocycles. The molecular weight excluding hydrogens is 310 g/mol. The Hall–Kier alpha value is -0.840. The maximum absolute atomic E-state index is 9.21. The van der Waals surface area contributed by atoms with Crippen LogP contribution >= 0.6 is 27.3 Å². The Balaban J connectivity index is 1.82. The van der Waals surface area contributed by atoms with E-state index in [9.17, 15) is 5.11 Å². The Morgan fingerprint density at radius 3 is 2.61 bits per heavy atom. The second kappa shape index (κ2) is 6.36. The summed E-state index contributed by atoms with van der Waals surface area (Å²) in [5.41, 5.74) is 1.23. The lowest BCUT2D eigenvalue weighted by Crippen LogP contribution is -2.20. The summed E-state index contributed by atoms with van der Waals surface area (Å²) in [4.78, 5) is 1.33. The highest BCUT2D eigenvalue weighted by molar-refractivity contribution is 9.10. The van der Waals surface area contributed by atoms with Gasteiger partial charge >= 0.3 is 0 Å². The number of halogens is 1. The third kappa shape index (κ3) is 3.57. The summed E-state index contributed by atoms with van der Waals surface area (Å²) in [6.45, 7) is 3.10. The van der Waals surface area contributed by atoms with E-state index >= 15 is 0 Å². The number of rotatable bonds is 5. The molecule has 96 valence electrons. The van der Waals surface area contributed by atoms with Crippen LogP contribution in [-0.2, 0) is 6.42 Å². The Morgan fingerprint density at radius 1 is 1.28 bits per heavy atom. The number of aromatic hydroxyl groups is 1. The number of phenols is 1. The largest absolute Gasteiger partial charge is 0.508 e. The normalized spacial score (nSPS) is 12.6. The minimum atomic E-state index is 0.322. The van der Waals surface area contributed by atoms with Gasteiger partial charge in [0, 0.05) is 15.4 Å². The van der Waals surface area contributed by atoms with Crippen LogP contribution < -0.4 is 5.32 Å². The van der Waals surface area contributed by atoms with Crippen molar-refractivity contribution < 1.29 is 5.11 Å². The molecule has 1 atom stereocenters. The van der Waals surface area contributed by atoms with Crippen LogP contribution in [0.25, 0.3) is 0 Å². The average Bonchev–Trinajstić information content (AvgIpc) is 2.78. The molecule has 1 heterocycles. The molecule has 0 aliphatic rings. The van der Waals surface area contributed by atoms with Gasteiger partial charge in [0.25, 0.3) is 0 Å². The van der Waals surface area contributed by atoms with Gasteiger partial charge in [-0.25, -0.2) is 0 Å². The molecule has 0 bridgehead atoms. The van der Waals surface area contributed by atoms with E-state index in [1.807, 2.05) is 12.1 Å². The Kier molecular flexibility index (Phi) is 4.80. The summed E-state index contributed by atoms with van der Waals surface area (Å²) < 4.78 is 1.18. The third-order valence-electron chi connectivity index (χ3n) is 2.84. The highest BCUT2D eigenvalue weighted by atomic mass is 79.9. The summed E-state index contributed by atoms with van der Waals surface area (Å²) in [6.07, 6.45) is 0.966. The quantitative estimate of drug-likeness (QED) is 0.867. The number of benzene rings is 1. The van der Waals surface area contributed by atoms with E-state index in [0.717, 1.165) is 13.0 Å². The number of phenolic OH excluding ortho intramolecular Hbond substituents is 1. The first-order valence-corrected chi connectivity index (χ1v) is 7.58. The van der Waals surface area contributed by atoms with Crippen LogP contribution in [-0.4, -0.2) is 11.7 Å². The Labute approximate surface area is 120 Å². The molecule has 4 heteroatoms. The van der Waals surface area contributed by atoms with Crippen LogP contribution in [0.15, 0.2) is 40.2 Å². The predicted octanol–water partition coefficient (Wildman–Crippen LogP) is 4.11. The zero-order valence-electron chi connectivity index (χ0n) is 10.2. The molecular formula is C14H16BrNOS. The van der Waals surface area contributed by atoms with Crippen molar-refractivity contribution >= 4 is 27.3 Å². The molecule has 0 radical (unpaired) electrons. The number of hydrogen-bond donors (Lipinski definition) is 2. The van der Waals surface area contributed by atoms with E-state index in [1.54, 1.807) is 23.5 Å². The average molecular weight is 326 g/mol. The van der Waals surface area contributed by atoms with Gasteiger partial charge in [0.2, 0.25) is 0 Å². The van der Waals surface area contributed by atoms with Gasteiger partial charge in [-0.1, -0.05) is 12.1 Å². The Morgan fingerprint density at radius 2 is 2.00 bits per heavy atom. The van der Waals surface area contributed by atoms with Crippen molar-refractivity contribution in [1.82, 2.24) is 5.32 Å². The third-order valence-corrected chi connectivity index (χ3v) is 4.89. The van der Waals surface area contributed by atoms with Crippen LogP contribution in [0.1, 0.15) is 23.4 Å². The van der Waals surface area contributed by atoms with E-state index in [0.29, 0.717) is 11.8 Å². The molecule has 1 unspecified atom stereocenters. The van der Waals surface area contributed by atoms with Crippen molar-refractivity contribution in [3.05, 3.63) is 50.6 Å². The fourth-order valence-corrected chi connectivity index (χ4v) is 3.55. The molecule has 0 fully saturated rings. The number of thiophene rings is 1. The monoisotopic (exact) mass is 325 g/mol. The van der Waals surface area contributed by atoms with Crippen molar-refractivity contribution in [2.45, 2.75) is 19.4 Å². The van der Waals surface area contributed by atoms with E-state index in [4.69, 9.17) is 0 Å². The van der Waals surface area contributed by atoms with Crippen molar-refractivity contribution in [2.75, 3.05) is 6.54 Å². The van der Waals surface area contributed by atoms with Gasteiger partial charge in [-0.15, -0.1) is 11.3 Å². The molecule has 18 heavy (non-hydrogen) atoms. The van der Waals surface area contributed by atoms with Crippen LogP contribution in [0.5, 0.6) is 5.75 Å². The summed E-state index contributed by atoms with van der Waals surface area (Å²) >= 11 is 5.32. The summed E-state index contributed by atoms with van der Waals surface area (Å²) in [5.74, 6) is 0.322. The smallest absolute Gasteiger partial charge is 0.115 e. The molecule has 0 saturated carbocycles. The van der Waals surface area contributed by atoms with Crippen molar-refractivity contribution in [2.24, 2.45) is 0 Å². The minimum absolute atomic E-state index is 0.322. The molecule has 0 spiro atoms. The first-order chi connectivity index (χ1) is 8.66. The van der Waals surface area contributed by atoms with Crippen LogP contribution in [0, 0.1) is 0 Å². The SMILES string of the molecule is CC(NCCc1ccc(O)cc1)c1sccc1Br. The fraction of sp³-hybridized carbons (Fsp3) is 0.286. The first kappa shape index (κ1) is 13.6. The maximum atomic E-state index is 9.21. The predicted molar refractivity (Wildman–Crippen MR) is 80.2 cm³/mol. The first-order valence-electron chi connectivity index (χ1n) is 5.91. The van der Waals surface area contributed by atoms with E-state index in [1.165, 1.54) is 14.9 Å². The lowest BCUT2D eigenvalue weighted by Gasteiger charge is -2.13. The molecule has 2 aromatic rings. The molecule has 0 aliphatic carbocycles. The van der Waals surface area contributed by atoms with Gasteiger partial charge in [-0.2, -0.15) is 0 Å². The van der Waals surface area contributed by atoms with Gasteiger partial charge in [-0.05, 0) is 65.0 Å². The number of hydrogen-bond acceptors (Lipinski definition) is 3. The summed E-state index contributed by atoms with van der Waals surface area (Å²) in [7, 11) is 0. The molecule has 1 aromatic heterocycles. The van der Waals surface area contributed by atoms with Gasteiger partial charge < -0.3 is 10.4 Å². The van der Waals surface area contributed by atoms with Crippen LogP contribution in [0.2, 0.25) is 0 Å². The second-order valence-electron chi connectivity index (χ2n) is 4.23. The van der Waals surface area contributed by atoms with Gasteiger partial charge in [0.1, 0.15) is 5.75 Å². The fourth-order valence-electron chi connectivity index (χ4n) is 1.80. The molecule has 0 amide bonds. The number of nitrogens with one attached hydrogen (secondary N) is 1. The maximum Gasteiger partial charge on any atom is 0.115 e. The highest BCUT2D eigenvalue weighted by Gasteiger charge is 2.09. The molecule has 2 rings (SSSR count). The standard InChI is InChI=1S/C14H16BrNOS/c1-10(14-13(15)7-9-18-14)16-8-6-11-2-4-12(17)5-3-11/h2-5,7,9-10,16-17H,6,8H2,1H3. The van der Waals surface area contributed by atoms with Crippen molar-refractivity contribution in [1.29, 1.82) is 0 Å². The zero-order chi connectivity index (χ0) is 13.0. The lowest BCUT2D eigenvalue weighted by atomic mass is 10.1. The molecule has 2 N–H and O–H groups in total. The van der Waals surface area contributed by atoms with E-state index in [-0.39, 0.29) is 0 Å². The molecule has 0 saturated heterocycles. The van der Waals surface area contributed by atoms with E-state index < -0.39 is 0 Å². The van der Waals surface area contributed by atoms with Gasteiger partial charge in [0.15, 0.2) is 0 Å². The van der Waals surface area contributed by atoms with Crippen molar-refractivity contribution in [3.63, 3.8) is 0 Å². The Bertz CT molecular complexity index is 495. The summed E-state index contributed by atoms with van der Waals surface area (Å²) in [6, 6.07) is 9.82. The van der Waals surface area contributed by atoms with Crippen LogP contribution in [0.3, 0.4) is 0 Å². The van der Waals surface area contributed by atoms with Crippen LogP contribution in [0.4, 0.5) is 0 Å². The molecule has 0 aliphatic heterocycles. The molecule has 2 nitrogen and oxygen atoms in total. The topological polar surface area (TPSA) is 32.3 Å². The van der Waals surface area contributed by atoms with E-state index in [2.05, 4.69) is 39.6 Å². The highest BCUT2D eigenvalue weighted by Crippen LogP contribution is 2.28. The lowest BCUT2D eigenvalue weighted by molar-refractivity contribution is 0.475. The second-order valence-corrected chi connectivity index (χ2v) is 6.03. The zero-order valence-corrected chi connectivity index (χ0v) is 12.6. The van der Waals surface area contributed by atoms with Crippen molar-refractivity contribution in [3.8, 4) is 5.75 Å². The van der Waals surface area contributed by atoms with Gasteiger partial charge in [0.05, 0.1) is 0 Å². The summed E-state index contributed by atoms with van der Waals surface area (Å²) in [5, 5.41) is 14.8. The van der Waals surface area contributed by atoms with Gasteiger partial charge in [-0.3, -0.25) is 0 Å². The minimum Gasteiger partial charge on any atom is -0.508 e.